The lowest BCUT2D eigenvalue weighted by Gasteiger charge is -2.37. The second kappa shape index (κ2) is 11.5. The Balaban J connectivity index is 0.000000297. The number of nitrogens with zero attached hydrogens (tertiary/aromatic N) is 6. The van der Waals surface area contributed by atoms with Gasteiger partial charge in [-0.1, -0.05) is 0 Å². The Morgan fingerprint density at radius 1 is 1.13 bits per heavy atom. The van der Waals surface area contributed by atoms with Crippen LogP contribution in [0.15, 0.2) is 6.20 Å². The number of nitrogen functional groups attached to an aromatic ring is 1. The monoisotopic (exact) mass is 646 g/mol. The molecule has 4 aromatic rings. The Bertz CT molecular complexity index is 1880. The van der Waals surface area contributed by atoms with E-state index in [1.54, 1.807) is 6.20 Å². The van der Waals surface area contributed by atoms with Gasteiger partial charge in [0.15, 0.2) is 5.82 Å². The van der Waals surface area contributed by atoms with Crippen LogP contribution in [0.2, 0.25) is 0 Å². The van der Waals surface area contributed by atoms with Gasteiger partial charge < -0.3 is 25.4 Å². The molecule has 4 fully saturated rings. The molecule has 0 aliphatic carbocycles. The molecule has 13 heteroatoms. The van der Waals surface area contributed by atoms with Crippen LogP contribution >= 0.6 is 11.3 Å². The van der Waals surface area contributed by atoms with Gasteiger partial charge >= 0.3 is 6.01 Å². The second-order valence-electron chi connectivity index (χ2n) is 12.9. The molecule has 46 heavy (non-hydrogen) atoms. The number of piperazine rings is 1. The average Bonchev–Trinajstić information content (AvgIpc) is 3.87. The van der Waals surface area contributed by atoms with Gasteiger partial charge in [-0.15, -0.1) is 11.3 Å². The summed E-state index contributed by atoms with van der Waals surface area (Å²) < 4.78 is 41.6. The zero-order valence-corrected chi connectivity index (χ0v) is 26.7. The molecule has 0 spiro atoms. The summed E-state index contributed by atoms with van der Waals surface area (Å²) in [4.78, 5) is 18.5. The highest BCUT2D eigenvalue weighted by molar-refractivity contribution is 7.23. The van der Waals surface area contributed by atoms with Crippen molar-refractivity contribution >= 4 is 43.1 Å². The van der Waals surface area contributed by atoms with Crippen LogP contribution in [-0.4, -0.2) is 77.4 Å². The Kier molecular flexibility index (Phi) is 7.44. The van der Waals surface area contributed by atoms with E-state index in [1.165, 1.54) is 31.3 Å². The molecule has 10 nitrogen and oxygen atoms in total. The van der Waals surface area contributed by atoms with E-state index in [0.717, 1.165) is 54.7 Å². The van der Waals surface area contributed by atoms with E-state index in [9.17, 15) is 9.65 Å². The molecular weight excluding hydrogens is 610 g/mol. The first-order valence-electron chi connectivity index (χ1n) is 16.0. The van der Waals surface area contributed by atoms with E-state index in [-0.39, 0.29) is 30.2 Å². The SMILES string of the molecule is COc1nc(N2C3CCC2CNC3)c2c3c(c(-c4ncc(C)c5sc(N)c(C#N)c45)c(F)c2n1)COC3.FC1CC2CCCN2C1. The van der Waals surface area contributed by atoms with E-state index in [2.05, 4.69) is 31.2 Å². The third-order valence-electron chi connectivity index (χ3n) is 10.3. The maximum atomic E-state index is 16.8. The summed E-state index contributed by atoms with van der Waals surface area (Å²) in [6.07, 6.45) is 6.61. The van der Waals surface area contributed by atoms with Crippen molar-refractivity contribution in [2.45, 2.75) is 76.5 Å². The molecule has 9 rings (SSSR count). The maximum Gasteiger partial charge on any atom is 0.318 e. The topological polar surface area (TPSA) is 125 Å². The number of nitrogens with one attached hydrogen (secondary N) is 1. The Morgan fingerprint density at radius 3 is 2.65 bits per heavy atom. The highest BCUT2D eigenvalue weighted by Crippen LogP contribution is 2.47. The smallest absolute Gasteiger partial charge is 0.318 e. The van der Waals surface area contributed by atoms with Crippen molar-refractivity contribution in [1.82, 2.24) is 25.2 Å². The minimum absolute atomic E-state index is 0.114. The summed E-state index contributed by atoms with van der Waals surface area (Å²) >= 11 is 1.32. The Labute approximate surface area is 269 Å². The highest BCUT2D eigenvalue weighted by Gasteiger charge is 2.40. The summed E-state index contributed by atoms with van der Waals surface area (Å²) in [5.41, 5.74) is 9.83. The van der Waals surface area contributed by atoms with Gasteiger partial charge in [-0.05, 0) is 62.3 Å². The summed E-state index contributed by atoms with van der Waals surface area (Å²) in [6, 6.07) is 3.47. The van der Waals surface area contributed by atoms with E-state index < -0.39 is 12.0 Å². The molecule has 5 aliphatic heterocycles. The quantitative estimate of drug-likeness (QED) is 0.315. The third kappa shape index (κ3) is 4.60. The van der Waals surface area contributed by atoms with E-state index in [4.69, 9.17) is 20.2 Å². The van der Waals surface area contributed by atoms with Crippen molar-refractivity contribution in [2.75, 3.05) is 43.9 Å². The number of anilines is 2. The minimum atomic E-state index is -0.519. The van der Waals surface area contributed by atoms with Crippen LogP contribution < -0.4 is 20.7 Å². The molecule has 3 N–H and O–H groups in total. The number of fused-ring (bicyclic) bond motifs is 7. The summed E-state index contributed by atoms with van der Waals surface area (Å²) in [5, 5.41) is 15.0. The van der Waals surface area contributed by atoms with Crippen molar-refractivity contribution in [1.29, 1.82) is 5.26 Å². The first-order valence-corrected chi connectivity index (χ1v) is 16.8. The third-order valence-corrected chi connectivity index (χ3v) is 11.4. The lowest BCUT2D eigenvalue weighted by Crippen LogP contribution is -2.52. The van der Waals surface area contributed by atoms with Crippen LogP contribution in [0.4, 0.5) is 19.6 Å². The number of nitrogens with two attached hydrogens (primary N) is 1. The van der Waals surface area contributed by atoms with Crippen LogP contribution in [0.3, 0.4) is 0 Å². The fourth-order valence-electron chi connectivity index (χ4n) is 8.21. The molecule has 4 saturated heterocycles. The fraction of sp³-hybridized carbons (Fsp3) is 0.515. The number of alkyl halides is 1. The molecule has 1 aromatic carbocycles. The van der Waals surface area contributed by atoms with Gasteiger partial charge in [0.05, 0.1) is 37.0 Å². The number of aryl methyl sites for hydroxylation is 1. The molecule has 2 bridgehead atoms. The Morgan fingerprint density at radius 2 is 1.91 bits per heavy atom. The molecule has 0 saturated carbocycles. The van der Waals surface area contributed by atoms with Gasteiger partial charge in [0.2, 0.25) is 0 Å². The maximum absolute atomic E-state index is 16.8. The zero-order chi connectivity index (χ0) is 31.7. The van der Waals surface area contributed by atoms with Gasteiger partial charge in [-0.2, -0.15) is 15.2 Å². The molecule has 0 amide bonds. The fourth-order valence-corrected chi connectivity index (χ4v) is 9.19. The number of hydrogen-bond donors (Lipinski definition) is 2. The van der Waals surface area contributed by atoms with Gasteiger partial charge in [-0.25, -0.2) is 8.78 Å². The number of thiophene rings is 1. The zero-order valence-electron chi connectivity index (χ0n) is 25.9. The molecule has 4 unspecified atom stereocenters. The van der Waals surface area contributed by atoms with Crippen LogP contribution in [0.5, 0.6) is 6.01 Å². The molecular formula is C33H36F2N8O2S. The van der Waals surface area contributed by atoms with E-state index >= 15 is 4.39 Å². The van der Waals surface area contributed by atoms with Crippen molar-refractivity contribution in [3.63, 3.8) is 0 Å². The predicted molar refractivity (Wildman–Crippen MR) is 173 cm³/mol. The summed E-state index contributed by atoms with van der Waals surface area (Å²) in [5.74, 6) is 0.178. The van der Waals surface area contributed by atoms with Gasteiger partial charge in [0, 0.05) is 59.6 Å². The predicted octanol–water partition coefficient (Wildman–Crippen LogP) is 4.98. The van der Waals surface area contributed by atoms with E-state index in [0.29, 0.717) is 63.2 Å². The number of benzene rings is 1. The first kappa shape index (κ1) is 29.7. The number of rotatable bonds is 3. The molecule has 240 valence electrons. The largest absolute Gasteiger partial charge is 0.467 e. The normalized spacial score (nSPS) is 25.1. The van der Waals surface area contributed by atoms with Crippen molar-refractivity contribution in [2.24, 2.45) is 0 Å². The van der Waals surface area contributed by atoms with E-state index in [1.807, 2.05) is 6.92 Å². The van der Waals surface area contributed by atoms with Gasteiger partial charge in [-0.3, -0.25) is 9.88 Å². The molecule has 3 aromatic heterocycles. The van der Waals surface area contributed by atoms with Crippen molar-refractivity contribution in [3.8, 4) is 23.3 Å². The number of hydrogen-bond acceptors (Lipinski definition) is 11. The minimum Gasteiger partial charge on any atom is -0.467 e. The highest BCUT2D eigenvalue weighted by atomic mass is 32.1. The standard InChI is InChI=1S/C26H24FN7O2S.C7H12FN/c1-11-6-31-21(18-14(5-28)24(29)37-23(11)18)17-15-9-36-10-16(15)19-22(20(17)27)32-26(35-2)33-25(19)34-12-3-4-13(34)8-30-7-12;8-6-4-7-2-1-3-9(7)5-6/h6,12-13,30H,3-4,7-10,29H2,1-2H3;6-7H,1-5H2. The number of nitriles is 1. The van der Waals surface area contributed by atoms with Crippen LogP contribution in [0, 0.1) is 24.1 Å². The van der Waals surface area contributed by atoms with Crippen LogP contribution in [0.1, 0.15) is 54.4 Å². The molecule has 8 heterocycles. The Hall–Kier alpha value is -3.70. The average molecular weight is 647 g/mol. The first-order chi connectivity index (χ1) is 22.4. The van der Waals surface area contributed by atoms with Crippen LogP contribution in [0.25, 0.3) is 32.2 Å². The van der Waals surface area contributed by atoms with Crippen molar-refractivity contribution in [3.05, 3.63) is 34.3 Å². The van der Waals surface area contributed by atoms with Crippen LogP contribution in [-0.2, 0) is 18.0 Å². The number of pyridine rings is 1. The lowest BCUT2D eigenvalue weighted by atomic mass is 9.93. The summed E-state index contributed by atoms with van der Waals surface area (Å²) in [7, 11) is 1.49. The molecule has 0 radical (unpaired) electrons. The number of halogens is 2. The lowest BCUT2D eigenvalue weighted by molar-refractivity contribution is 0.135. The van der Waals surface area contributed by atoms with Gasteiger partial charge in [0.25, 0.3) is 0 Å². The van der Waals surface area contributed by atoms with Gasteiger partial charge in [0.1, 0.15) is 28.6 Å². The summed E-state index contributed by atoms with van der Waals surface area (Å²) in [6.45, 7) is 6.02. The number of aromatic nitrogens is 3. The number of ether oxygens (including phenoxy) is 2. The second-order valence-corrected chi connectivity index (χ2v) is 14.0. The van der Waals surface area contributed by atoms with Crippen molar-refractivity contribution < 1.29 is 18.3 Å². The number of methoxy groups -OCH3 is 1. The molecule has 4 atom stereocenters. The molecule has 5 aliphatic rings.